The second kappa shape index (κ2) is 8.38. The van der Waals surface area contributed by atoms with E-state index in [0.29, 0.717) is 0 Å². The van der Waals surface area contributed by atoms with Crippen LogP contribution in [0.2, 0.25) is 5.02 Å². The topological polar surface area (TPSA) is 38.0 Å². The first-order valence-corrected chi connectivity index (χ1v) is 9.91. The fourth-order valence-electron chi connectivity index (χ4n) is 3.19. The summed E-state index contributed by atoms with van der Waals surface area (Å²) in [6, 6.07) is 23.3. The number of hydrogen-bond acceptors (Lipinski definition) is 2. The number of aromatic nitrogens is 2. The summed E-state index contributed by atoms with van der Waals surface area (Å²) in [6.45, 7) is 2.96. The highest BCUT2D eigenvalue weighted by atomic mass is 35.5. The van der Waals surface area contributed by atoms with Gasteiger partial charge < -0.3 is 9.67 Å². The molecule has 1 heterocycles. The number of aromatic hydroxyl groups is 1. The Morgan fingerprint density at radius 2 is 1.41 bits per heavy atom. The van der Waals surface area contributed by atoms with Crippen molar-refractivity contribution in [2.45, 2.75) is 13.5 Å². The Balaban J connectivity index is 1.55. The zero-order valence-electron chi connectivity index (χ0n) is 16.1. The molecular weight excluding hydrogens is 380 g/mol. The lowest BCUT2D eigenvalue weighted by Crippen LogP contribution is -1.94. The van der Waals surface area contributed by atoms with Crippen LogP contribution in [-0.2, 0) is 6.54 Å². The number of hydrogen-bond donors (Lipinski definition) is 1. The van der Waals surface area contributed by atoms with Gasteiger partial charge in [-0.05, 0) is 54.0 Å². The number of imidazole rings is 1. The Morgan fingerprint density at radius 3 is 2.03 bits per heavy atom. The van der Waals surface area contributed by atoms with Crippen molar-refractivity contribution in [1.29, 1.82) is 0 Å². The molecule has 0 saturated heterocycles. The monoisotopic (exact) mass is 400 g/mol. The molecule has 0 radical (unpaired) electrons. The zero-order valence-corrected chi connectivity index (χ0v) is 16.8. The van der Waals surface area contributed by atoms with E-state index in [1.165, 1.54) is 0 Å². The van der Waals surface area contributed by atoms with Crippen molar-refractivity contribution in [1.82, 2.24) is 9.55 Å². The van der Waals surface area contributed by atoms with Crippen molar-refractivity contribution < 1.29 is 5.11 Å². The lowest BCUT2D eigenvalue weighted by molar-refractivity contribution is 0.475. The standard InChI is InChI=1S/C25H21ClN2O/c1-2-28-17-24(21-8-12-22(26)13-9-21)27-25(28)16-5-18-3-6-19(7-4-18)20-10-14-23(29)15-11-20/h3-17,29H,2H2,1H3/b16-5+. The largest absolute Gasteiger partial charge is 0.508 e. The van der Waals surface area contributed by atoms with Crippen molar-refractivity contribution in [3.63, 3.8) is 0 Å². The van der Waals surface area contributed by atoms with E-state index >= 15 is 0 Å². The van der Waals surface area contributed by atoms with Crippen LogP contribution in [0.3, 0.4) is 0 Å². The molecule has 0 bridgehead atoms. The third kappa shape index (κ3) is 4.41. The number of benzene rings is 3. The molecule has 4 heteroatoms. The molecule has 1 aromatic heterocycles. The maximum atomic E-state index is 9.43. The molecule has 0 atom stereocenters. The van der Waals surface area contributed by atoms with Crippen molar-refractivity contribution >= 4 is 23.8 Å². The summed E-state index contributed by atoms with van der Waals surface area (Å²) in [5.74, 6) is 1.19. The molecule has 4 aromatic rings. The second-order valence-electron chi connectivity index (χ2n) is 6.78. The highest BCUT2D eigenvalue weighted by Crippen LogP contribution is 2.24. The Labute approximate surface area is 175 Å². The van der Waals surface area contributed by atoms with E-state index in [1.54, 1.807) is 12.1 Å². The Hall–Kier alpha value is -3.30. The minimum absolute atomic E-state index is 0.276. The van der Waals surface area contributed by atoms with E-state index < -0.39 is 0 Å². The van der Waals surface area contributed by atoms with Crippen LogP contribution in [0, 0.1) is 0 Å². The van der Waals surface area contributed by atoms with E-state index in [4.69, 9.17) is 16.6 Å². The number of rotatable bonds is 5. The van der Waals surface area contributed by atoms with Crippen LogP contribution in [-0.4, -0.2) is 14.7 Å². The van der Waals surface area contributed by atoms with Crippen LogP contribution in [0.1, 0.15) is 18.3 Å². The predicted octanol–water partition coefficient (Wildman–Crippen LogP) is 6.77. The summed E-state index contributed by atoms with van der Waals surface area (Å²) in [7, 11) is 0. The molecule has 0 aliphatic rings. The minimum Gasteiger partial charge on any atom is -0.508 e. The highest BCUT2D eigenvalue weighted by molar-refractivity contribution is 6.30. The number of phenolic OH excluding ortho intramolecular Hbond substituents is 1. The van der Waals surface area contributed by atoms with Gasteiger partial charge in [-0.2, -0.15) is 0 Å². The number of aryl methyl sites for hydroxylation is 1. The molecule has 0 spiro atoms. The molecule has 0 fully saturated rings. The van der Waals surface area contributed by atoms with E-state index in [-0.39, 0.29) is 5.75 Å². The normalized spacial score (nSPS) is 11.2. The van der Waals surface area contributed by atoms with Gasteiger partial charge in [-0.3, -0.25) is 0 Å². The molecule has 3 nitrogen and oxygen atoms in total. The number of nitrogens with zero attached hydrogens (tertiary/aromatic N) is 2. The van der Waals surface area contributed by atoms with E-state index in [1.807, 2.05) is 42.5 Å². The van der Waals surface area contributed by atoms with E-state index in [0.717, 1.165) is 45.3 Å². The van der Waals surface area contributed by atoms with Gasteiger partial charge in [0.2, 0.25) is 0 Å². The molecule has 0 amide bonds. The fraction of sp³-hybridized carbons (Fsp3) is 0.0800. The first-order valence-electron chi connectivity index (χ1n) is 9.53. The quantitative estimate of drug-likeness (QED) is 0.401. The minimum atomic E-state index is 0.276. The molecular formula is C25H21ClN2O. The van der Waals surface area contributed by atoms with Crippen LogP contribution in [0.15, 0.2) is 79.0 Å². The van der Waals surface area contributed by atoms with Gasteiger partial charge in [-0.25, -0.2) is 4.98 Å². The third-order valence-corrected chi connectivity index (χ3v) is 5.08. The van der Waals surface area contributed by atoms with Crippen LogP contribution in [0.25, 0.3) is 34.5 Å². The number of halogens is 1. The first kappa shape index (κ1) is 19.0. The van der Waals surface area contributed by atoms with Gasteiger partial charge in [-0.15, -0.1) is 0 Å². The van der Waals surface area contributed by atoms with Crippen molar-refractivity contribution in [3.8, 4) is 28.1 Å². The van der Waals surface area contributed by atoms with Crippen LogP contribution in [0.5, 0.6) is 5.75 Å². The molecule has 0 aliphatic heterocycles. The molecule has 0 unspecified atom stereocenters. The summed E-state index contributed by atoms with van der Waals surface area (Å²) in [5.41, 5.74) is 5.28. The van der Waals surface area contributed by atoms with Gasteiger partial charge in [0.05, 0.1) is 5.69 Å². The Bertz CT molecular complexity index is 1130. The predicted molar refractivity (Wildman–Crippen MR) is 121 cm³/mol. The van der Waals surface area contributed by atoms with Gasteiger partial charge >= 0.3 is 0 Å². The summed E-state index contributed by atoms with van der Waals surface area (Å²) < 4.78 is 2.13. The Kier molecular flexibility index (Phi) is 5.50. The molecule has 0 saturated carbocycles. The summed E-state index contributed by atoms with van der Waals surface area (Å²) >= 11 is 5.99. The smallest absolute Gasteiger partial charge is 0.133 e. The van der Waals surface area contributed by atoms with Gasteiger partial charge in [0.25, 0.3) is 0 Å². The molecule has 4 rings (SSSR count). The van der Waals surface area contributed by atoms with Crippen molar-refractivity contribution in [3.05, 3.63) is 95.4 Å². The van der Waals surface area contributed by atoms with Gasteiger partial charge in [-0.1, -0.05) is 66.2 Å². The molecule has 3 aromatic carbocycles. The van der Waals surface area contributed by atoms with Crippen molar-refractivity contribution in [2.24, 2.45) is 0 Å². The maximum absolute atomic E-state index is 9.43. The van der Waals surface area contributed by atoms with Gasteiger partial charge in [0.15, 0.2) is 0 Å². The lowest BCUT2D eigenvalue weighted by atomic mass is 10.0. The van der Waals surface area contributed by atoms with E-state index in [9.17, 15) is 5.11 Å². The van der Waals surface area contributed by atoms with Gasteiger partial charge in [0.1, 0.15) is 11.6 Å². The maximum Gasteiger partial charge on any atom is 0.133 e. The van der Waals surface area contributed by atoms with E-state index in [2.05, 4.69) is 48.0 Å². The molecule has 0 aliphatic carbocycles. The van der Waals surface area contributed by atoms with Gasteiger partial charge in [0, 0.05) is 23.3 Å². The fourth-order valence-corrected chi connectivity index (χ4v) is 3.31. The average molecular weight is 401 g/mol. The van der Waals surface area contributed by atoms with Crippen molar-refractivity contribution in [2.75, 3.05) is 0 Å². The third-order valence-electron chi connectivity index (χ3n) is 4.82. The SMILES string of the molecule is CCn1cc(-c2ccc(Cl)cc2)nc1/C=C/c1ccc(-c2ccc(O)cc2)cc1. The summed E-state index contributed by atoms with van der Waals surface area (Å²) in [4.78, 5) is 4.78. The summed E-state index contributed by atoms with van der Waals surface area (Å²) in [6.07, 6.45) is 6.18. The average Bonchev–Trinajstić information content (AvgIpc) is 3.17. The van der Waals surface area contributed by atoms with Crippen LogP contribution >= 0.6 is 11.6 Å². The van der Waals surface area contributed by atoms with Crippen LogP contribution in [0.4, 0.5) is 0 Å². The molecule has 1 N–H and O–H groups in total. The zero-order chi connectivity index (χ0) is 20.2. The highest BCUT2D eigenvalue weighted by Gasteiger charge is 2.07. The van der Waals surface area contributed by atoms with Crippen LogP contribution < -0.4 is 0 Å². The summed E-state index contributed by atoms with van der Waals surface area (Å²) in [5, 5.41) is 10.2. The number of phenols is 1. The Morgan fingerprint density at radius 1 is 0.828 bits per heavy atom. The second-order valence-corrected chi connectivity index (χ2v) is 7.22. The molecule has 144 valence electrons. The lowest BCUT2D eigenvalue weighted by Gasteiger charge is -2.03. The first-order chi connectivity index (χ1) is 14.1. The molecule has 29 heavy (non-hydrogen) atoms.